The summed E-state index contributed by atoms with van der Waals surface area (Å²) in [6.45, 7) is 5.16. The second kappa shape index (κ2) is 7.89. The van der Waals surface area contributed by atoms with Gasteiger partial charge in [-0.2, -0.15) is 5.10 Å². The van der Waals surface area contributed by atoms with E-state index in [0.717, 1.165) is 50.5 Å². The van der Waals surface area contributed by atoms with Gasteiger partial charge in [-0.05, 0) is 63.3 Å². The van der Waals surface area contributed by atoms with Crippen molar-refractivity contribution in [2.45, 2.75) is 64.7 Å². The van der Waals surface area contributed by atoms with Crippen molar-refractivity contribution in [2.24, 2.45) is 5.92 Å². The lowest BCUT2D eigenvalue weighted by molar-refractivity contribution is 0.209. The largest absolute Gasteiger partial charge is 0.494 e. The molecule has 0 saturated heterocycles. The van der Waals surface area contributed by atoms with E-state index in [-0.39, 0.29) is 5.69 Å². The fraction of sp³-hybridized carbons (Fsp3) is 0.619. The fourth-order valence-electron chi connectivity index (χ4n) is 4.04. The van der Waals surface area contributed by atoms with Crippen molar-refractivity contribution in [3.05, 3.63) is 46.1 Å². The van der Waals surface area contributed by atoms with Crippen LogP contribution in [-0.4, -0.2) is 38.9 Å². The summed E-state index contributed by atoms with van der Waals surface area (Å²) in [7, 11) is 2.18. The van der Waals surface area contributed by atoms with Crippen molar-refractivity contribution in [3.63, 3.8) is 0 Å². The summed E-state index contributed by atoms with van der Waals surface area (Å²) in [4.78, 5) is 15.0. The molecule has 6 heteroatoms. The number of aryl methyl sites for hydroxylation is 1. The number of ether oxygens (including phenoxy) is 1. The van der Waals surface area contributed by atoms with Crippen LogP contribution in [0.15, 0.2) is 29.1 Å². The fourth-order valence-corrected chi connectivity index (χ4v) is 4.04. The number of hydrogen-bond donors (Lipinski definition) is 0. The standard InChI is InChI=1S/C21H30N4O2/c1-3-27-19-6-4-5-17(13-19)14-23(2)18-9-10-20-22-25(15-16-7-8-16)21(26)24(20)12-11-18/h4-6,13,16,18H,3,7-12,14-15H2,1-2H3. The maximum absolute atomic E-state index is 12.6. The Labute approximate surface area is 160 Å². The molecule has 0 N–H and O–H groups in total. The van der Waals surface area contributed by atoms with Gasteiger partial charge in [-0.15, -0.1) is 0 Å². The Kier molecular flexibility index (Phi) is 5.34. The Hall–Kier alpha value is -2.08. The molecule has 1 aliphatic heterocycles. The van der Waals surface area contributed by atoms with Gasteiger partial charge in [-0.3, -0.25) is 9.47 Å². The number of aromatic nitrogens is 3. The van der Waals surface area contributed by atoms with Gasteiger partial charge in [0.05, 0.1) is 6.61 Å². The summed E-state index contributed by atoms with van der Waals surface area (Å²) in [5.74, 6) is 2.57. The Morgan fingerprint density at radius 3 is 2.89 bits per heavy atom. The van der Waals surface area contributed by atoms with Crippen LogP contribution in [0.1, 0.15) is 44.0 Å². The summed E-state index contributed by atoms with van der Waals surface area (Å²) in [5, 5.41) is 4.63. The molecule has 2 aliphatic rings. The molecule has 1 aromatic heterocycles. The molecule has 1 fully saturated rings. The zero-order valence-electron chi connectivity index (χ0n) is 16.4. The molecule has 6 nitrogen and oxygen atoms in total. The highest BCUT2D eigenvalue weighted by molar-refractivity contribution is 5.28. The average molecular weight is 370 g/mol. The average Bonchev–Trinajstić information content (AvgIpc) is 3.44. The smallest absolute Gasteiger partial charge is 0.345 e. The van der Waals surface area contributed by atoms with Gasteiger partial charge in [0.25, 0.3) is 0 Å². The van der Waals surface area contributed by atoms with Crippen LogP contribution in [0.2, 0.25) is 0 Å². The molecule has 1 aromatic carbocycles. The minimum Gasteiger partial charge on any atom is -0.494 e. The van der Waals surface area contributed by atoms with Gasteiger partial charge in [0.15, 0.2) is 0 Å². The summed E-state index contributed by atoms with van der Waals surface area (Å²) < 4.78 is 9.23. The van der Waals surface area contributed by atoms with E-state index in [1.54, 1.807) is 4.68 Å². The first-order valence-corrected chi connectivity index (χ1v) is 10.2. The lowest BCUT2D eigenvalue weighted by Crippen LogP contribution is -2.33. The van der Waals surface area contributed by atoms with Crippen molar-refractivity contribution >= 4 is 0 Å². The molecule has 1 unspecified atom stereocenters. The number of nitrogens with zero attached hydrogens (tertiary/aromatic N) is 4. The normalized spacial score (nSPS) is 19.7. The van der Waals surface area contributed by atoms with Crippen LogP contribution in [0.5, 0.6) is 5.75 Å². The quantitative estimate of drug-likeness (QED) is 0.752. The molecule has 27 heavy (non-hydrogen) atoms. The van der Waals surface area contributed by atoms with Gasteiger partial charge in [0, 0.05) is 32.1 Å². The monoisotopic (exact) mass is 370 g/mol. The van der Waals surface area contributed by atoms with Crippen molar-refractivity contribution in [3.8, 4) is 5.75 Å². The first-order chi connectivity index (χ1) is 13.1. The third-order valence-corrected chi connectivity index (χ3v) is 5.78. The number of rotatable bonds is 7. The number of hydrogen-bond acceptors (Lipinski definition) is 4. The van der Waals surface area contributed by atoms with E-state index in [4.69, 9.17) is 4.74 Å². The Morgan fingerprint density at radius 1 is 1.26 bits per heavy atom. The van der Waals surface area contributed by atoms with Crippen molar-refractivity contribution in [1.82, 2.24) is 19.2 Å². The van der Waals surface area contributed by atoms with E-state index in [1.165, 1.54) is 18.4 Å². The van der Waals surface area contributed by atoms with Crippen molar-refractivity contribution in [1.29, 1.82) is 0 Å². The highest BCUT2D eigenvalue weighted by atomic mass is 16.5. The maximum Gasteiger partial charge on any atom is 0.345 e. The molecule has 1 saturated carbocycles. The predicted octanol–water partition coefficient (Wildman–Crippen LogP) is 2.69. The highest BCUT2D eigenvalue weighted by Gasteiger charge is 2.27. The topological polar surface area (TPSA) is 52.3 Å². The molecule has 1 atom stereocenters. The van der Waals surface area contributed by atoms with Crippen LogP contribution in [0.25, 0.3) is 0 Å². The molecular weight excluding hydrogens is 340 g/mol. The van der Waals surface area contributed by atoms with Crippen LogP contribution in [-0.2, 0) is 26.1 Å². The van der Waals surface area contributed by atoms with Gasteiger partial charge in [0.2, 0.25) is 0 Å². The Morgan fingerprint density at radius 2 is 2.11 bits per heavy atom. The van der Waals surface area contributed by atoms with Crippen molar-refractivity contribution < 1.29 is 4.74 Å². The molecule has 146 valence electrons. The van der Waals surface area contributed by atoms with Crippen LogP contribution in [0, 0.1) is 5.92 Å². The summed E-state index contributed by atoms with van der Waals surface area (Å²) in [6.07, 6.45) is 5.39. The first-order valence-electron chi connectivity index (χ1n) is 10.2. The number of benzene rings is 1. The summed E-state index contributed by atoms with van der Waals surface area (Å²) >= 11 is 0. The van der Waals surface area contributed by atoms with Crippen molar-refractivity contribution in [2.75, 3.05) is 13.7 Å². The lowest BCUT2D eigenvalue weighted by atomic mass is 10.1. The van der Waals surface area contributed by atoms with E-state index in [1.807, 2.05) is 17.6 Å². The zero-order valence-corrected chi connectivity index (χ0v) is 16.4. The summed E-state index contributed by atoms with van der Waals surface area (Å²) in [5.41, 5.74) is 1.35. The maximum atomic E-state index is 12.6. The van der Waals surface area contributed by atoms with Crippen LogP contribution in [0.4, 0.5) is 0 Å². The van der Waals surface area contributed by atoms with E-state index in [2.05, 4.69) is 35.2 Å². The molecule has 2 aromatic rings. The highest BCUT2D eigenvalue weighted by Crippen LogP contribution is 2.30. The number of fused-ring (bicyclic) bond motifs is 1. The van der Waals surface area contributed by atoms with E-state index in [0.29, 0.717) is 18.6 Å². The Balaban J connectivity index is 1.39. The molecule has 0 bridgehead atoms. The second-order valence-corrected chi connectivity index (χ2v) is 7.95. The van der Waals surface area contributed by atoms with Gasteiger partial charge >= 0.3 is 5.69 Å². The lowest BCUT2D eigenvalue weighted by Gasteiger charge is -2.27. The second-order valence-electron chi connectivity index (χ2n) is 7.95. The third kappa shape index (κ3) is 4.26. The molecule has 0 spiro atoms. The van der Waals surface area contributed by atoms with E-state index < -0.39 is 0 Å². The molecule has 0 amide bonds. The van der Waals surface area contributed by atoms with Gasteiger partial charge in [-0.25, -0.2) is 9.48 Å². The van der Waals surface area contributed by atoms with Gasteiger partial charge < -0.3 is 4.74 Å². The minimum absolute atomic E-state index is 0.0876. The predicted molar refractivity (Wildman–Crippen MR) is 105 cm³/mol. The molecular formula is C21H30N4O2. The van der Waals surface area contributed by atoms with Crippen LogP contribution >= 0.6 is 0 Å². The molecule has 2 heterocycles. The van der Waals surface area contributed by atoms with Crippen LogP contribution < -0.4 is 10.4 Å². The third-order valence-electron chi connectivity index (χ3n) is 5.78. The Bertz CT molecular complexity index is 837. The van der Waals surface area contributed by atoms with Gasteiger partial charge in [0.1, 0.15) is 11.6 Å². The van der Waals surface area contributed by atoms with Crippen LogP contribution in [0.3, 0.4) is 0 Å². The molecule has 0 radical (unpaired) electrons. The molecule has 4 rings (SSSR count). The SMILES string of the molecule is CCOc1cccc(CN(C)C2CCc3nn(CC4CC4)c(=O)n3CC2)c1. The minimum atomic E-state index is 0.0876. The molecule has 1 aliphatic carbocycles. The zero-order chi connectivity index (χ0) is 18.8. The van der Waals surface area contributed by atoms with E-state index in [9.17, 15) is 4.79 Å². The van der Waals surface area contributed by atoms with E-state index >= 15 is 0 Å². The summed E-state index contributed by atoms with van der Waals surface area (Å²) in [6, 6.07) is 8.79. The van der Waals surface area contributed by atoms with Gasteiger partial charge in [-0.1, -0.05) is 12.1 Å². The first kappa shape index (κ1) is 18.3.